The molecule has 19 heavy (non-hydrogen) atoms. The summed E-state index contributed by atoms with van der Waals surface area (Å²) in [6.07, 6.45) is 1.65. The lowest BCUT2D eigenvalue weighted by Crippen LogP contribution is -2.36. The number of morpholine rings is 1. The fraction of sp³-hybridized carbons (Fsp3) is 0.467. The predicted molar refractivity (Wildman–Crippen MR) is 76.7 cm³/mol. The SMILES string of the molecule is CC(C)c1ccc2ncnc(N3CCOCC3)c2c1. The summed E-state index contributed by atoms with van der Waals surface area (Å²) in [6.45, 7) is 7.76. The second-order valence-electron chi connectivity index (χ2n) is 5.23. The number of rotatable bonds is 2. The highest BCUT2D eigenvalue weighted by atomic mass is 16.5. The summed E-state index contributed by atoms with van der Waals surface area (Å²) in [5, 5.41) is 1.15. The summed E-state index contributed by atoms with van der Waals surface area (Å²) in [4.78, 5) is 11.1. The Morgan fingerprint density at radius 3 is 2.68 bits per heavy atom. The van der Waals surface area contributed by atoms with E-state index < -0.39 is 0 Å². The maximum atomic E-state index is 5.41. The Labute approximate surface area is 113 Å². The first-order valence-corrected chi connectivity index (χ1v) is 6.83. The van der Waals surface area contributed by atoms with E-state index in [-0.39, 0.29) is 0 Å². The van der Waals surface area contributed by atoms with Gasteiger partial charge in [0.1, 0.15) is 12.1 Å². The smallest absolute Gasteiger partial charge is 0.140 e. The molecule has 1 saturated heterocycles. The second-order valence-corrected chi connectivity index (χ2v) is 5.23. The van der Waals surface area contributed by atoms with Gasteiger partial charge in [0, 0.05) is 18.5 Å². The Morgan fingerprint density at radius 2 is 1.95 bits per heavy atom. The van der Waals surface area contributed by atoms with Crippen LogP contribution in [-0.2, 0) is 4.74 Å². The highest BCUT2D eigenvalue weighted by Crippen LogP contribution is 2.27. The van der Waals surface area contributed by atoms with E-state index in [0.717, 1.165) is 43.0 Å². The summed E-state index contributed by atoms with van der Waals surface area (Å²) in [5.41, 5.74) is 2.35. The van der Waals surface area contributed by atoms with Gasteiger partial charge >= 0.3 is 0 Å². The largest absolute Gasteiger partial charge is 0.378 e. The maximum Gasteiger partial charge on any atom is 0.140 e. The van der Waals surface area contributed by atoms with Gasteiger partial charge in [-0.15, -0.1) is 0 Å². The Hall–Kier alpha value is -1.68. The fourth-order valence-electron chi connectivity index (χ4n) is 2.45. The zero-order chi connectivity index (χ0) is 13.2. The lowest BCUT2D eigenvalue weighted by Gasteiger charge is -2.28. The summed E-state index contributed by atoms with van der Waals surface area (Å²) in [6, 6.07) is 6.48. The molecule has 4 nitrogen and oxygen atoms in total. The average molecular weight is 257 g/mol. The lowest BCUT2D eigenvalue weighted by atomic mass is 10.0. The third kappa shape index (κ3) is 2.40. The van der Waals surface area contributed by atoms with E-state index in [0.29, 0.717) is 5.92 Å². The second kappa shape index (κ2) is 5.13. The molecule has 2 aromatic rings. The van der Waals surface area contributed by atoms with Crippen molar-refractivity contribution in [2.24, 2.45) is 0 Å². The van der Waals surface area contributed by atoms with Gasteiger partial charge in [-0.1, -0.05) is 19.9 Å². The highest BCUT2D eigenvalue weighted by molar-refractivity contribution is 5.90. The molecular formula is C15H19N3O. The van der Waals surface area contributed by atoms with Crippen LogP contribution in [0.25, 0.3) is 10.9 Å². The Balaban J connectivity index is 2.09. The van der Waals surface area contributed by atoms with E-state index in [1.165, 1.54) is 5.56 Å². The van der Waals surface area contributed by atoms with Crippen molar-refractivity contribution in [2.75, 3.05) is 31.2 Å². The average Bonchev–Trinajstić information content (AvgIpc) is 2.47. The Bertz CT molecular complexity index is 577. The molecule has 0 saturated carbocycles. The van der Waals surface area contributed by atoms with E-state index in [1.807, 2.05) is 0 Å². The van der Waals surface area contributed by atoms with Crippen molar-refractivity contribution in [2.45, 2.75) is 19.8 Å². The molecule has 0 radical (unpaired) electrons. The molecule has 0 atom stereocenters. The number of fused-ring (bicyclic) bond motifs is 1. The molecule has 4 heteroatoms. The molecule has 1 aromatic carbocycles. The molecule has 0 amide bonds. The minimum atomic E-state index is 0.516. The first-order chi connectivity index (χ1) is 9.25. The molecular weight excluding hydrogens is 238 g/mol. The molecule has 1 aromatic heterocycles. The normalized spacial score (nSPS) is 16.3. The molecule has 2 heterocycles. The van der Waals surface area contributed by atoms with Crippen LogP contribution in [0.4, 0.5) is 5.82 Å². The standard InChI is InChI=1S/C15H19N3O/c1-11(2)12-3-4-14-13(9-12)15(17-10-16-14)18-5-7-19-8-6-18/h3-4,9-11H,5-8H2,1-2H3. The molecule has 0 spiro atoms. The first-order valence-electron chi connectivity index (χ1n) is 6.83. The number of nitrogens with zero attached hydrogens (tertiary/aromatic N) is 3. The van der Waals surface area contributed by atoms with Crippen molar-refractivity contribution < 1.29 is 4.74 Å². The third-order valence-electron chi connectivity index (χ3n) is 3.62. The maximum absolute atomic E-state index is 5.41. The molecule has 0 N–H and O–H groups in total. The summed E-state index contributed by atoms with van der Waals surface area (Å²) in [7, 11) is 0. The zero-order valence-electron chi connectivity index (χ0n) is 11.5. The molecule has 0 aliphatic carbocycles. The monoisotopic (exact) mass is 257 g/mol. The van der Waals surface area contributed by atoms with Crippen molar-refractivity contribution in [3.63, 3.8) is 0 Å². The van der Waals surface area contributed by atoms with Crippen molar-refractivity contribution in [1.29, 1.82) is 0 Å². The molecule has 1 aliphatic heterocycles. The van der Waals surface area contributed by atoms with E-state index in [9.17, 15) is 0 Å². The minimum absolute atomic E-state index is 0.516. The van der Waals surface area contributed by atoms with Gasteiger partial charge in [-0.25, -0.2) is 9.97 Å². The van der Waals surface area contributed by atoms with Gasteiger partial charge in [-0.3, -0.25) is 0 Å². The predicted octanol–water partition coefficient (Wildman–Crippen LogP) is 2.59. The van der Waals surface area contributed by atoms with Gasteiger partial charge < -0.3 is 9.64 Å². The quantitative estimate of drug-likeness (QED) is 0.829. The number of benzene rings is 1. The van der Waals surface area contributed by atoms with Gasteiger partial charge in [0.15, 0.2) is 0 Å². The van der Waals surface area contributed by atoms with Crippen LogP contribution in [0, 0.1) is 0 Å². The van der Waals surface area contributed by atoms with Gasteiger partial charge in [-0.2, -0.15) is 0 Å². The Kier molecular flexibility index (Phi) is 3.34. The number of hydrogen-bond acceptors (Lipinski definition) is 4. The minimum Gasteiger partial charge on any atom is -0.378 e. The van der Waals surface area contributed by atoms with E-state index in [2.05, 4.69) is 46.9 Å². The van der Waals surface area contributed by atoms with Crippen LogP contribution in [0.3, 0.4) is 0 Å². The molecule has 1 fully saturated rings. The van der Waals surface area contributed by atoms with Gasteiger partial charge in [-0.05, 0) is 23.6 Å². The number of aromatic nitrogens is 2. The topological polar surface area (TPSA) is 38.2 Å². The van der Waals surface area contributed by atoms with Crippen LogP contribution < -0.4 is 4.90 Å². The van der Waals surface area contributed by atoms with Crippen LogP contribution in [0.5, 0.6) is 0 Å². The number of hydrogen-bond donors (Lipinski definition) is 0. The summed E-state index contributed by atoms with van der Waals surface area (Å²) in [5.74, 6) is 1.55. The van der Waals surface area contributed by atoms with Crippen molar-refractivity contribution >= 4 is 16.7 Å². The number of anilines is 1. The lowest BCUT2D eigenvalue weighted by molar-refractivity contribution is 0.122. The van der Waals surface area contributed by atoms with E-state index in [4.69, 9.17) is 4.74 Å². The molecule has 1 aliphatic rings. The van der Waals surface area contributed by atoms with E-state index in [1.54, 1.807) is 6.33 Å². The third-order valence-corrected chi connectivity index (χ3v) is 3.62. The Morgan fingerprint density at radius 1 is 1.16 bits per heavy atom. The summed E-state index contributed by atoms with van der Waals surface area (Å²) >= 11 is 0. The highest BCUT2D eigenvalue weighted by Gasteiger charge is 2.16. The van der Waals surface area contributed by atoms with Crippen molar-refractivity contribution in [3.05, 3.63) is 30.1 Å². The van der Waals surface area contributed by atoms with Crippen LogP contribution in [0.1, 0.15) is 25.3 Å². The van der Waals surface area contributed by atoms with Gasteiger partial charge in [0.05, 0.1) is 18.7 Å². The first kappa shape index (κ1) is 12.4. The molecule has 0 unspecified atom stereocenters. The van der Waals surface area contributed by atoms with Gasteiger partial charge in [0.25, 0.3) is 0 Å². The van der Waals surface area contributed by atoms with Crippen molar-refractivity contribution in [3.8, 4) is 0 Å². The number of ether oxygens (including phenoxy) is 1. The zero-order valence-corrected chi connectivity index (χ0v) is 11.5. The van der Waals surface area contributed by atoms with Crippen LogP contribution in [-0.4, -0.2) is 36.3 Å². The summed E-state index contributed by atoms with van der Waals surface area (Å²) < 4.78 is 5.41. The molecule has 3 rings (SSSR count). The molecule has 0 bridgehead atoms. The van der Waals surface area contributed by atoms with Crippen LogP contribution in [0.15, 0.2) is 24.5 Å². The molecule has 100 valence electrons. The fourth-order valence-corrected chi connectivity index (χ4v) is 2.45. The van der Waals surface area contributed by atoms with Crippen LogP contribution in [0.2, 0.25) is 0 Å². The van der Waals surface area contributed by atoms with Gasteiger partial charge in [0.2, 0.25) is 0 Å². The van der Waals surface area contributed by atoms with Crippen molar-refractivity contribution in [1.82, 2.24) is 9.97 Å². The van der Waals surface area contributed by atoms with E-state index >= 15 is 0 Å². The van der Waals surface area contributed by atoms with Crippen LogP contribution >= 0.6 is 0 Å².